The van der Waals surface area contributed by atoms with E-state index in [9.17, 15) is 40.5 Å². The quantitative estimate of drug-likeness (QED) is 0.189. The molecule has 1 aliphatic carbocycles. The monoisotopic (exact) mass is 586 g/mol. The minimum atomic E-state index is -1.76. The molecule has 8 N–H and O–H groups in total. The van der Waals surface area contributed by atoms with Crippen molar-refractivity contribution in [3.8, 4) is 0 Å². The summed E-state index contributed by atoms with van der Waals surface area (Å²) in [4.78, 5) is 18.4. The van der Waals surface area contributed by atoms with E-state index in [1.165, 1.54) is 24.0 Å². The van der Waals surface area contributed by atoms with Crippen LogP contribution < -0.4 is 5.32 Å². The summed E-state index contributed by atoms with van der Waals surface area (Å²) in [6, 6.07) is 8.56. The first kappa shape index (κ1) is 30.1. The predicted octanol–water partition coefficient (Wildman–Crippen LogP) is -0.952. The lowest BCUT2D eigenvalue weighted by molar-refractivity contribution is -0.302. The van der Waals surface area contributed by atoms with Gasteiger partial charge >= 0.3 is 0 Å². The Balaban J connectivity index is 1.57. The van der Waals surface area contributed by atoms with Gasteiger partial charge in [0.05, 0.1) is 36.6 Å². The van der Waals surface area contributed by atoms with Crippen LogP contribution in [-0.4, -0.2) is 114 Å². The van der Waals surface area contributed by atoms with Gasteiger partial charge in [-0.3, -0.25) is 4.79 Å². The van der Waals surface area contributed by atoms with Crippen LogP contribution in [0.5, 0.6) is 0 Å². The fraction of sp³-hybridized carbons (Fsp3) is 0.520. The molecule has 39 heavy (non-hydrogen) atoms. The maximum atomic E-state index is 13.4. The van der Waals surface area contributed by atoms with Crippen LogP contribution in [0.25, 0.3) is 0 Å². The SMILES string of the molecule is O=C(N[C@H]1[C@@H](O[C@@H]2C[C@](O)(CO)C[C@@H](O)[C@H]2O)O[C@H](CO)[C@@H](O)[C@@H]1O)c1cccnc1Sc1ccc(Cl)cc1. The number of carbonyl (C=O) groups is 1. The molecule has 1 saturated carbocycles. The van der Waals surface area contributed by atoms with E-state index in [-0.39, 0.29) is 18.4 Å². The van der Waals surface area contributed by atoms with E-state index in [0.717, 1.165) is 4.90 Å². The molecule has 0 spiro atoms. The molecule has 1 saturated heterocycles. The van der Waals surface area contributed by atoms with Gasteiger partial charge in [-0.05, 0) is 36.4 Å². The van der Waals surface area contributed by atoms with Crippen molar-refractivity contribution in [3.05, 3.63) is 53.2 Å². The summed E-state index contributed by atoms with van der Waals surface area (Å²) in [6.45, 7) is -1.41. The van der Waals surface area contributed by atoms with Gasteiger partial charge in [0.1, 0.15) is 35.5 Å². The summed E-state index contributed by atoms with van der Waals surface area (Å²) in [7, 11) is 0. The number of hydrogen-bond acceptors (Lipinski definition) is 12. The van der Waals surface area contributed by atoms with E-state index < -0.39 is 73.7 Å². The van der Waals surface area contributed by atoms with E-state index in [0.29, 0.717) is 10.0 Å². The Kier molecular flexibility index (Phi) is 9.83. The van der Waals surface area contributed by atoms with Gasteiger partial charge in [0.15, 0.2) is 6.29 Å². The first-order valence-electron chi connectivity index (χ1n) is 12.2. The first-order chi connectivity index (χ1) is 18.5. The van der Waals surface area contributed by atoms with Gasteiger partial charge in [0.25, 0.3) is 5.91 Å². The molecule has 1 amide bonds. The molecule has 2 heterocycles. The van der Waals surface area contributed by atoms with Crippen LogP contribution in [0, 0.1) is 0 Å². The molecule has 0 unspecified atom stereocenters. The van der Waals surface area contributed by atoms with Crippen LogP contribution in [0.4, 0.5) is 0 Å². The molecule has 0 radical (unpaired) electrons. The van der Waals surface area contributed by atoms with Gasteiger partial charge in [-0.15, -0.1) is 0 Å². The molecule has 2 aromatic rings. The fourth-order valence-corrected chi connectivity index (χ4v) is 5.61. The second-order valence-corrected chi connectivity index (χ2v) is 11.1. The largest absolute Gasteiger partial charge is 0.394 e. The number of hydrogen-bond donors (Lipinski definition) is 8. The Bertz CT molecular complexity index is 1130. The molecular formula is C25H31ClN2O10S. The van der Waals surface area contributed by atoms with Crippen molar-refractivity contribution in [2.75, 3.05) is 13.2 Å². The number of carbonyl (C=O) groups excluding carboxylic acids is 1. The number of ether oxygens (including phenoxy) is 2. The number of pyridine rings is 1. The maximum Gasteiger partial charge on any atom is 0.254 e. The summed E-state index contributed by atoms with van der Waals surface area (Å²) in [5, 5.41) is 75.2. The van der Waals surface area contributed by atoms with E-state index in [1.54, 1.807) is 30.3 Å². The van der Waals surface area contributed by atoms with Gasteiger partial charge in [0, 0.05) is 29.0 Å². The van der Waals surface area contributed by atoms with Crippen molar-refractivity contribution in [2.24, 2.45) is 0 Å². The Morgan fingerprint density at radius 1 is 1.10 bits per heavy atom. The summed E-state index contributed by atoms with van der Waals surface area (Å²) < 4.78 is 11.4. The average Bonchev–Trinajstić information content (AvgIpc) is 2.92. The Morgan fingerprint density at radius 3 is 2.49 bits per heavy atom. The molecule has 14 heteroatoms. The number of aliphatic hydroxyl groups is 7. The first-order valence-corrected chi connectivity index (χ1v) is 13.4. The molecule has 2 fully saturated rings. The minimum absolute atomic E-state index is 0.143. The number of halogens is 1. The van der Waals surface area contributed by atoms with Crippen LogP contribution in [0.3, 0.4) is 0 Å². The van der Waals surface area contributed by atoms with Crippen LogP contribution in [-0.2, 0) is 9.47 Å². The summed E-state index contributed by atoms with van der Waals surface area (Å²) >= 11 is 7.15. The third kappa shape index (κ3) is 6.89. The number of aliphatic hydroxyl groups excluding tert-OH is 6. The Labute approximate surface area is 233 Å². The molecule has 2 aliphatic rings. The van der Waals surface area contributed by atoms with Crippen LogP contribution in [0.2, 0.25) is 5.02 Å². The fourth-order valence-electron chi connectivity index (χ4n) is 4.61. The molecule has 214 valence electrons. The second kappa shape index (κ2) is 12.7. The zero-order chi connectivity index (χ0) is 28.3. The summed E-state index contributed by atoms with van der Waals surface area (Å²) in [5.74, 6) is -0.688. The Hall–Kier alpha value is -1.88. The van der Waals surface area contributed by atoms with Crippen LogP contribution in [0.15, 0.2) is 52.5 Å². The minimum Gasteiger partial charge on any atom is -0.394 e. The van der Waals surface area contributed by atoms with Crippen molar-refractivity contribution >= 4 is 29.3 Å². The smallest absolute Gasteiger partial charge is 0.254 e. The van der Waals surface area contributed by atoms with Gasteiger partial charge in [-0.25, -0.2) is 4.98 Å². The van der Waals surface area contributed by atoms with Gasteiger partial charge in [-0.1, -0.05) is 23.4 Å². The van der Waals surface area contributed by atoms with Gasteiger partial charge in [0.2, 0.25) is 0 Å². The van der Waals surface area contributed by atoms with E-state index in [2.05, 4.69) is 10.3 Å². The molecular weight excluding hydrogens is 556 g/mol. The van der Waals surface area contributed by atoms with Crippen molar-refractivity contribution in [1.29, 1.82) is 0 Å². The third-order valence-electron chi connectivity index (χ3n) is 6.77. The maximum absolute atomic E-state index is 13.4. The summed E-state index contributed by atoms with van der Waals surface area (Å²) in [6.07, 6.45) is -9.40. The van der Waals surface area contributed by atoms with Crippen molar-refractivity contribution in [3.63, 3.8) is 0 Å². The molecule has 0 bridgehead atoms. The van der Waals surface area contributed by atoms with Crippen LogP contribution >= 0.6 is 23.4 Å². The van der Waals surface area contributed by atoms with E-state index >= 15 is 0 Å². The lowest BCUT2D eigenvalue weighted by Crippen LogP contribution is -2.66. The standard InChI is InChI=1S/C25H31ClN2O10S/c26-12-3-5-13(6-4-12)39-23-14(2-1-7-27-23)22(35)28-18-21(34)20(33)17(10-29)38-24(18)37-16-9-25(36,11-30)8-15(31)19(16)32/h1-7,15-21,24,29-34,36H,8-11H2,(H,28,35)/t15-,16-,17-,18-,19-,20-,21-,24+,25+/m1/s1. The topological polar surface area (TPSA) is 202 Å². The normalized spacial score (nSPS) is 35.0. The lowest BCUT2D eigenvalue weighted by atomic mass is 9.80. The van der Waals surface area contributed by atoms with E-state index in [4.69, 9.17) is 21.1 Å². The second-order valence-electron chi connectivity index (χ2n) is 9.64. The zero-order valence-corrected chi connectivity index (χ0v) is 22.1. The van der Waals surface area contributed by atoms with Gasteiger partial charge < -0.3 is 50.5 Å². The van der Waals surface area contributed by atoms with E-state index in [1.807, 2.05) is 0 Å². The van der Waals surface area contributed by atoms with Crippen molar-refractivity contribution < 1.29 is 50.0 Å². The Morgan fingerprint density at radius 2 is 1.82 bits per heavy atom. The average molecular weight is 587 g/mol. The predicted molar refractivity (Wildman–Crippen MR) is 137 cm³/mol. The van der Waals surface area contributed by atoms with Gasteiger partial charge in [-0.2, -0.15) is 0 Å². The highest BCUT2D eigenvalue weighted by atomic mass is 35.5. The number of rotatable bonds is 8. The summed E-state index contributed by atoms with van der Waals surface area (Å²) in [5.41, 5.74) is -1.61. The van der Waals surface area contributed by atoms with Crippen molar-refractivity contribution in [1.82, 2.24) is 10.3 Å². The zero-order valence-electron chi connectivity index (χ0n) is 20.6. The number of nitrogens with zero attached hydrogens (tertiary/aromatic N) is 1. The molecule has 4 rings (SSSR count). The molecule has 12 nitrogen and oxygen atoms in total. The number of amides is 1. The van der Waals surface area contributed by atoms with Crippen molar-refractivity contribution in [2.45, 2.75) is 77.3 Å². The molecule has 9 atom stereocenters. The van der Waals surface area contributed by atoms with Crippen LogP contribution in [0.1, 0.15) is 23.2 Å². The molecule has 1 aromatic carbocycles. The number of benzene rings is 1. The highest BCUT2D eigenvalue weighted by Crippen LogP contribution is 2.34. The number of nitrogens with one attached hydrogen (secondary N) is 1. The highest BCUT2D eigenvalue weighted by molar-refractivity contribution is 7.99. The molecule has 1 aromatic heterocycles. The molecule has 1 aliphatic heterocycles. The number of aromatic nitrogens is 1. The third-order valence-corrected chi connectivity index (χ3v) is 8.05. The lowest BCUT2D eigenvalue weighted by Gasteiger charge is -2.46. The highest BCUT2D eigenvalue weighted by Gasteiger charge is 2.50.